The Kier molecular flexibility index (Phi) is 7.38. The van der Waals surface area contributed by atoms with Gasteiger partial charge in [0.1, 0.15) is 12.4 Å². The molecule has 0 saturated heterocycles. The molecule has 2 rings (SSSR count). The minimum atomic E-state index is -0.124. The van der Waals surface area contributed by atoms with Crippen LogP contribution in [0.2, 0.25) is 0 Å². The highest BCUT2D eigenvalue weighted by molar-refractivity contribution is 5.95. The van der Waals surface area contributed by atoms with E-state index in [-0.39, 0.29) is 11.8 Å². The van der Waals surface area contributed by atoms with Gasteiger partial charge in [-0.3, -0.25) is 9.59 Å². The topological polar surface area (TPSA) is 63.0 Å². The number of ketones is 1. The van der Waals surface area contributed by atoms with Gasteiger partial charge < -0.3 is 4.74 Å². The molecule has 0 aliphatic carbocycles. The van der Waals surface area contributed by atoms with Crippen LogP contribution in [0, 0.1) is 6.92 Å². The molecular formula is C20H27N2O3+. The quantitative estimate of drug-likeness (QED) is 0.312. The van der Waals surface area contributed by atoms with Crippen molar-refractivity contribution in [2.24, 2.45) is 0 Å². The van der Waals surface area contributed by atoms with Gasteiger partial charge in [0.25, 0.3) is 5.82 Å². The molecule has 0 saturated carbocycles. The number of aryl methyl sites for hydroxylation is 2. The molecule has 1 N–H and O–H groups in total. The third kappa shape index (κ3) is 6.18. The summed E-state index contributed by atoms with van der Waals surface area (Å²) in [7, 11) is 0. The van der Waals surface area contributed by atoms with Gasteiger partial charge in [-0.05, 0) is 26.7 Å². The molecule has 0 spiro atoms. The van der Waals surface area contributed by atoms with E-state index < -0.39 is 0 Å². The molecule has 0 unspecified atom stereocenters. The van der Waals surface area contributed by atoms with Gasteiger partial charge in [0.2, 0.25) is 5.78 Å². The van der Waals surface area contributed by atoms with Crippen molar-refractivity contribution < 1.29 is 18.9 Å². The van der Waals surface area contributed by atoms with Crippen molar-refractivity contribution in [2.45, 2.75) is 52.5 Å². The van der Waals surface area contributed by atoms with Gasteiger partial charge in [0, 0.05) is 18.4 Å². The zero-order chi connectivity index (χ0) is 18.1. The first-order chi connectivity index (χ1) is 12.1. The zero-order valence-corrected chi connectivity index (χ0v) is 15.1. The first kappa shape index (κ1) is 18.9. The Bertz CT molecular complexity index is 689. The zero-order valence-electron chi connectivity index (χ0n) is 15.1. The molecule has 25 heavy (non-hydrogen) atoms. The number of ether oxygens (including phenoxy) is 1. The SMILES string of the molecule is CCOC(=O)CCCCCc1[nH]cc[n+]1CC(=O)c1ccc(C)cc1. The van der Waals surface area contributed by atoms with E-state index in [4.69, 9.17) is 4.74 Å². The normalized spacial score (nSPS) is 10.6. The van der Waals surface area contributed by atoms with Crippen LogP contribution < -0.4 is 4.57 Å². The van der Waals surface area contributed by atoms with E-state index in [1.807, 2.05) is 55.1 Å². The van der Waals surface area contributed by atoms with Crippen molar-refractivity contribution in [1.82, 2.24) is 4.98 Å². The van der Waals surface area contributed by atoms with E-state index in [0.29, 0.717) is 19.6 Å². The van der Waals surface area contributed by atoms with Crippen LogP contribution in [0.15, 0.2) is 36.7 Å². The number of carbonyl (C=O) groups excluding carboxylic acids is 2. The Morgan fingerprint density at radius 2 is 1.88 bits per heavy atom. The molecular weight excluding hydrogens is 316 g/mol. The smallest absolute Gasteiger partial charge is 0.305 e. The fraction of sp³-hybridized carbons (Fsp3) is 0.450. The molecule has 5 heteroatoms. The first-order valence-electron chi connectivity index (χ1n) is 8.91. The number of benzene rings is 1. The van der Waals surface area contributed by atoms with Crippen LogP contribution in [0.25, 0.3) is 0 Å². The maximum atomic E-state index is 12.4. The number of aromatic nitrogens is 2. The summed E-state index contributed by atoms with van der Waals surface area (Å²) < 4.78 is 6.89. The van der Waals surface area contributed by atoms with E-state index in [2.05, 4.69) is 4.98 Å². The average molecular weight is 343 g/mol. The number of hydrogen-bond acceptors (Lipinski definition) is 3. The number of imidazole rings is 1. The van der Waals surface area contributed by atoms with Crippen LogP contribution in [0.3, 0.4) is 0 Å². The Morgan fingerprint density at radius 3 is 2.60 bits per heavy atom. The number of rotatable bonds is 10. The average Bonchev–Trinajstić information content (AvgIpc) is 3.02. The second-order valence-electron chi connectivity index (χ2n) is 6.19. The van der Waals surface area contributed by atoms with Crippen molar-refractivity contribution in [3.05, 3.63) is 53.6 Å². The van der Waals surface area contributed by atoms with Crippen LogP contribution in [0.5, 0.6) is 0 Å². The summed E-state index contributed by atoms with van der Waals surface area (Å²) in [5, 5.41) is 0. The molecule has 0 bridgehead atoms. The fourth-order valence-corrected chi connectivity index (χ4v) is 2.72. The molecule has 5 nitrogen and oxygen atoms in total. The van der Waals surface area contributed by atoms with Crippen molar-refractivity contribution >= 4 is 11.8 Å². The number of esters is 1. The standard InChI is InChI=1S/C20H26N2O3/c1-3-25-20(24)8-6-4-5-7-19-21-13-14-22(19)15-18(23)17-11-9-16(2)10-12-17/h9-14H,3-8,15H2,1-2H3/p+1. The van der Waals surface area contributed by atoms with Gasteiger partial charge in [0.15, 0.2) is 6.54 Å². The van der Waals surface area contributed by atoms with Crippen LogP contribution in [0.4, 0.5) is 0 Å². The van der Waals surface area contributed by atoms with Gasteiger partial charge in [-0.15, -0.1) is 0 Å². The maximum absolute atomic E-state index is 12.4. The first-order valence-corrected chi connectivity index (χ1v) is 8.91. The molecule has 0 atom stereocenters. The molecule has 0 radical (unpaired) electrons. The molecule has 0 aliphatic heterocycles. The molecule has 1 aromatic carbocycles. The van der Waals surface area contributed by atoms with Crippen molar-refractivity contribution in [3.8, 4) is 0 Å². The lowest BCUT2D eigenvalue weighted by Crippen LogP contribution is -2.40. The lowest BCUT2D eigenvalue weighted by molar-refractivity contribution is -0.689. The summed E-state index contributed by atoms with van der Waals surface area (Å²) in [6, 6.07) is 7.67. The van der Waals surface area contributed by atoms with Crippen molar-refractivity contribution in [3.63, 3.8) is 0 Å². The monoisotopic (exact) mass is 343 g/mol. The lowest BCUT2D eigenvalue weighted by atomic mass is 10.1. The Hall–Kier alpha value is -2.43. The van der Waals surface area contributed by atoms with Gasteiger partial charge in [-0.2, -0.15) is 0 Å². The molecule has 0 aliphatic rings. The second-order valence-corrected chi connectivity index (χ2v) is 6.19. The molecule has 0 amide bonds. The van der Waals surface area contributed by atoms with Gasteiger partial charge in [0.05, 0.1) is 6.61 Å². The molecule has 1 heterocycles. The fourth-order valence-electron chi connectivity index (χ4n) is 2.72. The largest absolute Gasteiger partial charge is 0.466 e. The minimum Gasteiger partial charge on any atom is -0.466 e. The van der Waals surface area contributed by atoms with Crippen LogP contribution >= 0.6 is 0 Å². The summed E-state index contributed by atoms with van der Waals surface area (Å²) in [6.07, 6.45) is 7.86. The maximum Gasteiger partial charge on any atom is 0.305 e. The van der Waals surface area contributed by atoms with Gasteiger partial charge >= 0.3 is 5.97 Å². The van der Waals surface area contributed by atoms with Crippen molar-refractivity contribution in [1.29, 1.82) is 0 Å². The number of carbonyl (C=O) groups is 2. The number of nitrogens with one attached hydrogen (secondary N) is 1. The molecule has 2 aromatic rings. The Labute approximate surface area is 149 Å². The second kappa shape index (κ2) is 9.77. The van der Waals surface area contributed by atoms with Gasteiger partial charge in [-0.1, -0.05) is 36.2 Å². The molecule has 0 fully saturated rings. The number of nitrogens with zero attached hydrogens (tertiary/aromatic N) is 1. The summed E-state index contributed by atoms with van der Waals surface area (Å²) in [5.41, 5.74) is 1.88. The molecule has 1 aromatic heterocycles. The number of unbranched alkanes of at least 4 members (excludes halogenated alkanes) is 2. The summed E-state index contributed by atoms with van der Waals surface area (Å²) in [5.74, 6) is 1.02. The minimum absolute atomic E-state index is 0.105. The summed E-state index contributed by atoms with van der Waals surface area (Å²) in [6.45, 7) is 4.61. The van der Waals surface area contributed by atoms with E-state index in [1.165, 1.54) is 0 Å². The Morgan fingerprint density at radius 1 is 1.12 bits per heavy atom. The van der Waals surface area contributed by atoms with E-state index in [1.54, 1.807) is 0 Å². The van der Waals surface area contributed by atoms with E-state index in [9.17, 15) is 9.59 Å². The predicted octanol–water partition coefficient (Wildman–Crippen LogP) is 3.16. The predicted molar refractivity (Wildman–Crippen MR) is 95.3 cm³/mol. The van der Waals surface area contributed by atoms with Crippen LogP contribution in [-0.2, 0) is 22.5 Å². The van der Waals surface area contributed by atoms with Crippen LogP contribution in [0.1, 0.15) is 54.4 Å². The highest BCUT2D eigenvalue weighted by atomic mass is 16.5. The van der Waals surface area contributed by atoms with Crippen LogP contribution in [-0.4, -0.2) is 23.3 Å². The Balaban J connectivity index is 1.79. The highest BCUT2D eigenvalue weighted by Gasteiger charge is 2.15. The van der Waals surface area contributed by atoms with E-state index >= 15 is 0 Å². The number of Topliss-reactive ketones (excluding diaryl/α,β-unsaturated/α-hetero) is 1. The number of H-pyrrole nitrogens is 1. The molecule has 134 valence electrons. The van der Waals surface area contributed by atoms with E-state index in [0.717, 1.165) is 42.6 Å². The summed E-state index contributed by atoms with van der Waals surface area (Å²) in [4.78, 5) is 26.9. The number of hydrogen-bond donors (Lipinski definition) is 1. The number of aromatic amines is 1. The highest BCUT2D eigenvalue weighted by Crippen LogP contribution is 2.07. The van der Waals surface area contributed by atoms with Crippen molar-refractivity contribution in [2.75, 3.05) is 6.61 Å². The third-order valence-corrected chi connectivity index (χ3v) is 4.14. The van der Waals surface area contributed by atoms with Gasteiger partial charge in [-0.25, -0.2) is 9.55 Å². The third-order valence-electron chi connectivity index (χ3n) is 4.14. The lowest BCUT2D eigenvalue weighted by Gasteiger charge is -2.03. The summed E-state index contributed by atoms with van der Waals surface area (Å²) >= 11 is 0.